The predicted molar refractivity (Wildman–Crippen MR) is 79.5 cm³/mol. The molecule has 1 aromatic carbocycles. The highest BCUT2D eigenvalue weighted by Crippen LogP contribution is 2.33. The van der Waals surface area contributed by atoms with E-state index >= 15 is 0 Å². The summed E-state index contributed by atoms with van der Waals surface area (Å²) in [6.45, 7) is 9.22. The number of halogens is 2. The minimum Gasteiger partial charge on any atom is -0.492 e. The van der Waals surface area contributed by atoms with Crippen molar-refractivity contribution in [3.63, 3.8) is 0 Å². The van der Waals surface area contributed by atoms with E-state index in [4.69, 9.17) is 4.74 Å². The first kappa shape index (κ1) is 14.7. The van der Waals surface area contributed by atoms with Crippen LogP contribution in [0.15, 0.2) is 33.7 Å². The monoisotopic (exact) mass is 361 g/mol. The van der Waals surface area contributed by atoms with Gasteiger partial charge in [-0.15, -0.1) is 6.58 Å². The van der Waals surface area contributed by atoms with Gasteiger partial charge in [-0.25, -0.2) is 0 Å². The molecule has 1 rings (SSSR count). The summed E-state index contributed by atoms with van der Waals surface area (Å²) in [7, 11) is 0. The summed E-state index contributed by atoms with van der Waals surface area (Å²) in [6, 6.07) is 4.34. The molecule has 0 bridgehead atoms. The third-order valence-electron chi connectivity index (χ3n) is 2.34. The molecule has 94 valence electrons. The second-order valence-electron chi connectivity index (χ2n) is 3.71. The second-order valence-corrected chi connectivity index (χ2v) is 5.48. The van der Waals surface area contributed by atoms with Crippen molar-refractivity contribution in [3.05, 3.63) is 39.3 Å². The van der Waals surface area contributed by atoms with Gasteiger partial charge in [-0.05, 0) is 41.9 Å². The summed E-state index contributed by atoms with van der Waals surface area (Å²) in [4.78, 5) is 0. The average molecular weight is 363 g/mol. The molecule has 0 fully saturated rings. The van der Waals surface area contributed by atoms with E-state index in [0.29, 0.717) is 6.61 Å². The molecule has 0 aliphatic heterocycles. The van der Waals surface area contributed by atoms with Gasteiger partial charge in [0, 0.05) is 22.6 Å². The molecule has 2 nitrogen and oxygen atoms in total. The molecule has 0 aliphatic rings. The maximum atomic E-state index is 5.66. The van der Waals surface area contributed by atoms with Crippen LogP contribution < -0.4 is 10.1 Å². The second kappa shape index (κ2) is 7.19. The fourth-order valence-electron chi connectivity index (χ4n) is 1.41. The van der Waals surface area contributed by atoms with Crippen LogP contribution in [0.4, 0.5) is 0 Å². The first-order valence-electron chi connectivity index (χ1n) is 5.55. The molecule has 0 saturated heterocycles. The lowest BCUT2D eigenvalue weighted by molar-refractivity contribution is 0.333. The fourth-order valence-corrected chi connectivity index (χ4v) is 2.83. The van der Waals surface area contributed by atoms with Crippen molar-refractivity contribution in [2.24, 2.45) is 0 Å². The number of benzene rings is 1. The lowest BCUT2D eigenvalue weighted by atomic mass is 10.2. The van der Waals surface area contributed by atoms with Crippen molar-refractivity contribution < 1.29 is 4.74 Å². The van der Waals surface area contributed by atoms with Gasteiger partial charge in [0.25, 0.3) is 0 Å². The molecule has 0 amide bonds. The minimum atomic E-state index is 0.280. The highest BCUT2D eigenvalue weighted by Gasteiger charge is 2.10. The van der Waals surface area contributed by atoms with Gasteiger partial charge >= 0.3 is 0 Å². The number of nitrogens with one attached hydrogen (secondary N) is 1. The van der Waals surface area contributed by atoms with E-state index in [0.717, 1.165) is 26.8 Å². The van der Waals surface area contributed by atoms with Crippen LogP contribution in [-0.4, -0.2) is 12.6 Å². The van der Waals surface area contributed by atoms with Crippen molar-refractivity contribution in [2.45, 2.75) is 26.4 Å². The molecule has 0 radical (unpaired) electrons. The lowest BCUT2D eigenvalue weighted by Crippen LogP contribution is -2.23. The van der Waals surface area contributed by atoms with E-state index in [1.807, 2.05) is 19.1 Å². The summed E-state index contributed by atoms with van der Waals surface area (Å²) < 4.78 is 7.66. The zero-order valence-electron chi connectivity index (χ0n) is 10.1. The first-order chi connectivity index (χ1) is 8.08. The van der Waals surface area contributed by atoms with E-state index in [9.17, 15) is 0 Å². The molecule has 17 heavy (non-hydrogen) atoms. The van der Waals surface area contributed by atoms with Gasteiger partial charge in [0.1, 0.15) is 5.75 Å². The highest BCUT2D eigenvalue weighted by atomic mass is 79.9. The summed E-state index contributed by atoms with van der Waals surface area (Å²) in [5.41, 5.74) is 1.13. The molecular weight excluding hydrogens is 346 g/mol. The molecule has 0 aliphatic carbocycles. The summed E-state index contributed by atoms with van der Waals surface area (Å²) in [5.74, 6) is 0.902. The molecule has 0 saturated carbocycles. The topological polar surface area (TPSA) is 21.3 Å². The van der Waals surface area contributed by atoms with Gasteiger partial charge in [0.2, 0.25) is 0 Å². The molecule has 4 heteroatoms. The zero-order valence-corrected chi connectivity index (χ0v) is 13.3. The van der Waals surface area contributed by atoms with E-state index in [1.54, 1.807) is 0 Å². The molecule has 0 aromatic heterocycles. The third-order valence-corrected chi connectivity index (χ3v) is 3.39. The van der Waals surface area contributed by atoms with Gasteiger partial charge < -0.3 is 10.1 Å². The smallest absolute Gasteiger partial charge is 0.138 e. The molecule has 0 heterocycles. The predicted octanol–water partition coefficient (Wildman–Crippen LogP) is 4.27. The summed E-state index contributed by atoms with van der Waals surface area (Å²) in [5, 5.41) is 3.36. The highest BCUT2D eigenvalue weighted by molar-refractivity contribution is 9.11. The SMILES string of the molecule is C=CC(C)NCc1cc(Br)cc(Br)c1OCC. The van der Waals surface area contributed by atoms with Crippen LogP contribution in [0.5, 0.6) is 5.75 Å². The number of hydrogen-bond acceptors (Lipinski definition) is 2. The van der Waals surface area contributed by atoms with Crippen LogP contribution in [0.25, 0.3) is 0 Å². The Morgan fingerprint density at radius 3 is 2.76 bits per heavy atom. The van der Waals surface area contributed by atoms with Crippen molar-refractivity contribution in [1.29, 1.82) is 0 Å². The maximum absolute atomic E-state index is 5.66. The Morgan fingerprint density at radius 1 is 1.47 bits per heavy atom. The standard InChI is InChI=1S/C13H17Br2NO/c1-4-9(3)16-8-10-6-11(14)7-12(15)13(10)17-5-2/h4,6-7,9,16H,1,5,8H2,2-3H3. The zero-order chi connectivity index (χ0) is 12.8. The van der Waals surface area contributed by atoms with Crippen LogP contribution in [0, 0.1) is 0 Å². The van der Waals surface area contributed by atoms with Gasteiger partial charge in [-0.2, -0.15) is 0 Å². The summed E-state index contributed by atoms with van der Waals surface area (Å²) in [6.07, 6.45) is 1.88. The first-order valence-corrected chi connectivity index (χ1v) is 7.13. The largest absolute Gasteiger partial charge is 0.492 e. The normalized spacial score (nSPS) is 12.2. The Morgan fingerprint density at radius 2 is 2.18 bits per heavy atom. The van der Waals surface area contributed by atoms with Crippen LogP contribution >= 0.6 is 31.9 Å². The Balaban J connectivity index is 2.91. The minimum absolute atomic E-state index is 0.280. The van der Waals surface area contributed by atoms with Crippen LogP contribution in [0.3, 0.4) is 0 Å². The lowest BCUT2D eigenvalue weighted by Gasteiger charge is -2.15. The van der Waals surface area contributed by atoms with E-state index in [2.05, 4.69) is 56.7 Å². The molecular formula is C13H17Br2NO. The van der Waals surface area contributed by atoms with Gasteiger partial charge in [-0.1, -0.05) is 22.0 Å². The van der Waals surface area contributed by atoms with Crippen LogP contribution in [-0.2, 0) is 6.54 Å². The molecule has 1 N–H and O–H groups in total. The van der Waals surface area contributed by atoms with E-state index in [-0.39, 0.29) is 6.04 Å². The van der Waals surface area contributed by atoms with Crippen molar-refractivity contribution in [2.75, 3.05) is 6.61 Å². The van der Waals surface area contributed by atoms with Crippen molar-refractivity contribution in [3.8, 4) is 5.75 Å². The number of hydrogen-bond donors (Lipinski definition) is 1. The average Bonchev–Trinajstić information content (AvgIpc) is 2.29. The Hall–Kier alpha value is -0.320. The quantitative estimate of drug-likeness (QED) is 0.763. The maximum Gasteiger partial charge on any atom is 0.138 e. The van der Waals surface area contributed by atoms with Crippen molar-refractivity contribution in [1.82, 2.24) is 5.32 Å². The summed E-state index contributed by atoms with van der Waals surface area (Å²) >= 11 is 7.01. The third kappa shape index (κ3) is 4.45. The van der Waals surface area contributed by atoms with Crippen LogP contribution in [0.2, 0.25) is 0 Å². The van der Waals surface area contributed by atoms with Gasteiger partial charge in [-0.3, -0.25) is 0 Å². The van der Waals surface area contributed by atoms with Crippen molar-refractivity contribution >= 4 is 31.9 Å². The van der Waals surface area contributed by atoms with E-state index < -0.39 is 0 Å². The molecule has 1 unspecified atom stereocenters. The Kier molecular flexibility index (Phi) is 6.23. The molecule has 1 atom stereocenters. The van der Waals surface area contributed by atoms with Crippen LogP contribution in [0.1, 0.15) is 19.4 Å². The fraction of sp³-hybridized carbons (Fsp3) is 0.385. The molecule has 0 spiro atoms. The van der Waals surface area contributed by atoms with Gasteiger partial charge in [0.05, 0.1) is 11.1 Å². The number of ether oxygens (including phenoxy) is 1. The van der Waals surface area contributed by atoms with Gasteiger partial charge in [0.15, 0.2) is 0 Å². The Bertz CT molecular complexity index is 393. The molecule has 1 aromatic rings. The number of rotatable bonds is 6. The Labute approximate surface area is 120 Å². The van der Waals surface area contributed by atoms with E-state index in [1.165, 1.54) is 0 Å².